The minimum Gasteiger partial charge on any atom is -0.481 e. The molecule has 2 rings (SSSR count). The number of benzene rings is 1. The molecule has 1 aromatic carbocycles. The zero-order valence-electron chi connectivity index (χ0n) is 8.60. The van der Waals surface area contributed by atoms with Crippen molar-refractivity contribution in [3.8, 4) is 0 Å². The molecule has 0 saturated heterocycles. The number of hydrogen-bond donors (Lipinski definition) is 1. The molecule has 3 heteroatoms. The average molecular weight is 203 g/mol. The minimum atomic E-state index is -0.747. The molecular formula is C12H13NO2. The summed E-state index contributed by atoms with van der Waals surface area (Å²) >= 11 is 0. The van der Waals surface area contributed by atoms with Crippen LogP contribution < -0.4 is 0 Å². The molecule has 2 aromatic rings. The topological polar surface area (TPSA) is 42.2 Å². The first kappa shape index (κ1) is 9.77. The maximum atomic E-state index is 10.4. The van der Waals surface area contributed by atoms with Gasteiger partial charge in [0, 0.05) is 25.2 Å². The lowest BCUT2D eigenvalue weighted by Crippen LogP contribution is -1.97. The van der Waals surface area contributed by atoms with Crippen molar-refractivity contribution in [2.45, 2.75) is 12.8 Å². The van der Waals surface area contributed by atoms with E-state index in [1.54, 1.807) is 0 Å². The number of aromatic nitrogens is 1. The molecule has 0 atom stereocenters. The Morgan fingerprint density at radius 1 is 1.40 bits per heavy atom. The van der Waals surface area contributed by atoms with Crippen molar-refractivity contribution >= 4 is 16.9 Å². The number of carboxylic acid groups (broad SMARTS) is 1. The van der Waals surface area contributed by atoms with Crippen molar-refractivity contribution in [2.24, 2.45) is 7.05 Å². The monoisotopic (exact) mass is 203 g/mol. The van der Waals surface area contributed by atoms with E-state index in [4.69, 9.17) is 5.11 Å². The van der Waals surface area contributed by atoms with Crippen LogP contribution in [0.4, 0.5) is 0 Å². The van der Waals surface area contributed by atoms with E-state index in [0.29, 0.717) is 6.42 Å². The van der Waals surface area contributed by atoms with Gasteiger partial charge in [0.2, 0.25) is 0 Å². The molecule has 1 N–H and O–H groups in total. The Kier molecular flexibility index (Phi) is 2.46. The van der Waals surface area contributed by atoms with E-state index in [9.17, 15) is 4.79 Å². The Morgan fingerprint density at radius 2 is 2.20 bits per heavy atom. The maximum absolute atomic E-state index is 10.4. The van der Waals surface area contributed by atoms with Crippen molar-refractivity contribution < 1.29 is 9.90 Å². The van der Waals surface area contributed by atoms with Crippen LogP contribution in [0.3, 0.4) is 0 Å². The van der Waals surface area contributed by atoms with E-state index >= 15 is 0 Å². The van der Waals surface area contributed by atoms with Crippen LogP contribution in [-0.4, -0.2) is 15.6 Å². The fourth-order valence-corrected chi connectivity index (χ4v) is 1.74. The molecular weight excluding hydrogens is 190 g/mol. The molecule has 78 valence electrons. The molecule has 0 unspecified atom stereocenters. The van der Waals surface area contributed by atoms with Crippen LogP contribution in [0.1, 0.15) is 12.0 Å². The third kappa shape index (κ3) is 2.01. The van der Waals surface area contributed by atoms with Gasteiger partial charge < -0.3 is 9.67 Å². The highest BCUT2D eigenvalue weighted by Crippen LogP contribution is 2.17. The summed E-state index contributed by atoms with van der Waals surface area (Å²) in [6, 6.07) is 8.12. The molecule has 1 aromatic heterocycles. The van der Waals surface area contributed by atoms with Gasteiger partial charge in [0.25, 0.3) is 0 Å². The second-order valence-electron chi connectivity index (χ2n) is 3.71. The molecule has 0 aliphatic carbocycles. The lowest BCUT2D eigenvalue weighted by atomic mass is 10.1. The predicted molar refractivity (Wildman–Crippen MR) is 58.9 cm³/mol. The van der Waals surface area contributed by atoms with Crippen molar-refractivity contribution in [2.75, 3.05) is 0 Å². The molecule has 0 aliphatic rings. The molecule has 15 heavy (non-hydrogen) atoms. The molecule has 0 aliphatic heterocycles. The quantitative estimate of drug-likeness (QED) is 0.830. The van der Waals surface area contributed by atoms with Gasteiger partial charge in [0.1, 0.15) is 0 Å². The second kappa shape index (κ2) is 3.77. The first-order valence-corrected chi connectivity index (χ1v) is 4.92. The van der Waals surface area contributed by atoms with Crippen LogP contribution in [0.5, 0.6) is 0 Å². The highest BCUT2D eigenvalue weighted by Gasteiger charge is 2.02. The summed E-state index contributed by atoms with van der Waals surface area (Å²) in [5.74, 6) is -0.747. The largest absolute Gasteiger partial charge is 0.481 e. The number of fused-ring (bicyclic) bond motifs is 1. The normalized spacial score (nSPS) is 10.7. The SMILES string of the molecule is Cn1ccc2cc(CCC(=O)O)ccc21. The van der Waals surface area contributed by atoms with Gasteiger partial charge in [-0.3, -0.25) is 4.79 Å². The van der Waals surface area contributed by atoms with Gasteiger partial charge in [0.15, 0.2) is 0 Å². The Labute approximate surface area is 87.9 Å². The van der Waals surface area contributed by atoms with Crippen LogP contribution >= 0.6 is 0 Å². The molecule has 0 spiro atoms. The number of hydrogen-bond acceptors (Lipinski definition) is 1. The van der Waals surface area contributed by atoms with Crippen molar-refractivity contribution in [3.05, 3.63) is 36.0 Å². The lowest BCUT2D eigenvalue weighted by Gasteiger charge is -2.00. The van der Waals surface area contributed by atoms with Gasteiger partial charge in [-0.25, -0.2) is 0 Å². The van der Waals surface area contributed by atoms with Gasteiger partial charge >= 0.3 is 5.97 Å². The summed E-state index contributed by atoms with van der Waals surface area (Å²) in [4.78, 5) is 10.4. The summed E-state index contributed by atoms with van der Waals surface area (Å²) in [5.41, 5.74) is 2.25. The number of carbonyl (C=O) groups is 1. The van der Waals surface area contributed by atoms with E-state index in [1.807, 2.05) is 31.4 Å². The first-order chi connectivity index (χ1) is 7.16. The van der Waals surface area contributed by atoms with E-state index in [1.165, 1.54) is 10.9 Å². The van der Waals surface area contributed by atoms with Crippen molar-refractivity contribution in [1.29, 1.82) is 0 Å². The van der Waals surface area contributed by atoms with Gasteiger partial charge in [-0.1, -0.05) is 6.07 Å². The van der Waals surface area contributed by atoms with Gasteiger partial charge in [0.05, 0.1) is 0 Å². The Morgan fingerprint density at radius 3 is 2.93 bits per heavy atom. The molecule has 0 fully saturated rings. The molecule has 0 amide bonds. The molecule has 3 nitrogen and oxygen atoms in total. The van der Waals surface area contributed by atoms with Gasteiger partial charge in [-0.2, -0.15) is 0 Å². The number of rotatable bonds is 3. The summed E-state index contributed by atoms with van der Waals surface area (Å²) < 4.78 is 2.05. The van der Waals surface area contributed by atoms with Crippen LogP contribution in [0.15, 0.2) is 30.5 Å². The average Bonchev–Trinajstić information content (AvgIpc) is 2.57. The Hall–Kier alpha value is -1.77. The first-order valence-electron chi connectivity index (χ1n) is 4.92. The number of aliphatic carboxylic acids is 1. The highest BCUT2D eigenvalue weighted by atomic mass is 16.4. The van der Waals surface area contributed by atoms with E-state index in [-0.39, 0.29) is 6.42 Å². The van der Waals surface area contributed by atoms with Crippen LogP contribution in [0.2, 0.25) is 0 Å². The summed E-state index contributed by atoms with van der Waals surface area (Å²) in [7, 11) is 2.00. The lowest BCUT2D eigenvalue weighted by molar-refractivity contribution is -0.136. The fourth-order valence-electron chi connectivity index (χ4n) is 1.74. The maximum Gasteiger partial charge on any atom is 0.303 e. The Balaban J connectivity index is 2.27. The van der Waals surface area contributed by atoms with E-state index in [0.717, 1.165) is 5.56 Å². The Bertz CT molecular complexity index is 499. The summed E-state index contributed by atoms with van der Waals surface area (Å²) in [6.45, 7) is 0. The molecule has 0 saturated carbocycles. The summed E-state index contributed by atoms with van der Waals surface area (Å²) in [5, 5.41) is 9.76. The third-order valence-electron chi connectivity index (χ3n) is 2.58. The number of nitrogens with zero attached hydrogens (tertiary/aromatic N) is 1. The van der Waals surface area contributed by atoms with Crippen LogP contribution in [0.25, 0.3) is 10.9 Å². The van der Waals surface area contributed by atoms with Gasteiger partial charge in [-0.15, -0.1) is 0 Å². The van der Waals surface area contributed by atoms with E-state index in [2.05, 4.69) is 10.6 Å². The zero-order valence-corrected chi connectivity index (χ0v) is 8.60. The number of aryl methyl sites for hydroxylation is 2. The van der Waals surface area contributed by atoms with Crippen molar-refractivity contribution in [1.82, 2.24) is 4.57 Å². The van der Waals surface area contributed by atoms with Gasteiger partial charge in [-0.05, 0) is 35.6 Å². The third-order valence-corrected chi connectivity index (χ3v) is 2.58. The van der Waals surface area contributed by atoms with E-state index < -0.39 is 5.97 Å². The zero-order chi connectivity index (χ0) is 10.8. The van der Waals surface area contributed by atoms with Crippen LogP contribution in [-0.2, 0) is 18.3 Å². The highest BCUT2D eigenvalue weighted by molar-refractivity contribution is 5.80. The molecule has 0 bridgehead atoms. The van der Waals surface area contributed by atoms with Crippen molar-refractivity contribution in [3.63, 3.8) is 0 Å². The number of carboxylic acids is 1. The minimum absolute atomic E-state index is 0.193. The predicted octanol–water partition coefficient (Wildman–Crippen LogP) is 2.20. The second-order valence-corrected chi connectivity index (χ2v) is 3.71. The van der Waals surface area contributed by atoms with Crippen LogP contribution in [0, 0.1) is 0 Å². The molecule has 0 radical (unpaired) electrons. The fraction of sp³-hybridized carbons (Fsp3) is 0.250. The molecule has 1 heterocycles. The standard InChI is InChI=1S/C12H13NO2/c1-13-7-6-10-8-9(2-4-11(10)13)3-5-12(14)15/h2,4,6-8H,3,5H2,1H3,(H,14,15). The summed E-state index contributed by atoms with van der Waals surface area (Å²) in [6.07, 6.45) is 2.80. The smallest absolute Gasteiger partial charge is 0.303 e.